The van der Waals surface area contributed by atoms with Crippen molar-refractivity contribution in [2.75, 3.05) is 27.9 Å². The average Bonchev–Trinajstić information content (AvgIpc) is 2.28. The molecule has 90 valence electrons. The number of carbonyl (C=O) groups excluding carboxylic acids is 1. The number of carbonyl (C=O) groups is 1. The van der Waals surface area contributed by atoms with Crippen molar-refractivity contribution in [3.63, 3.8) is 0 Å². The lowest BCUT2D eigenvalue weighted by atomic mass is 10.0. The van der Waals surface area contributed by atoms with Gasteiger partial charge in [-0.05, 0) is 0 Å². The normalized spacial score (nSPS) is 19.3. The Labute approximate surface area is 88.7 Å². The van der Waals surface area contributed by atoms with Crippen molar-refractivity contribution in [2.24, 2.45) is 0 Å². The fraction of sp³-hybridized carbons (Fsp3) is 0.889. The predicted octanol–water partition coefficient (Wildman–Crippen LogP) is -1.42. The molecular formula is C9H18O6. The number of rotatable bonds is 8. The molecule has 0 aromatic carbocycles. The molecule has 0 rings (SSSR count). The lowest BCUT2D eigenvalue weighted by molar-refractivity contribution is -0.155. The SMILES string of the molecule is CO[C@@H]([C@H](OC)[C@@H](C=O)OC)[C@H](O)CO. The zero-order valence-electron chi connectivity index (χ0n) is 9.12. The Kier molecular flexibility index (Phi) is 7.45. The van der Waals surface area contributed by atoms with Crippen LogP contribution in [0.15, 0.2) is 0 Å². The Morgan fingerprint density at radius 1 is 1.13 bits per heavy atom. The van der Waals surface area contributed by atoms with Crippen LogP contribution in [0, 0.1) is 0 Å². The van der Waals surface area contributed by atoms with Crippen molar-refractivity contribution in [3.05, 3.63) is 0 Å². The van der Waals surface area contributed by atoms with E-state index in [1.807, 2.05) is 0 Å². The van der Waals surface area contributed by atoms with E-state index in [2.05, 4.69) is 0 Å². The first-order valence-corrected chi connectivity index (χ1v) is 4.48. The predicted molar refractivity (Wildman–Crippen MR) is 51.5 cm³/mol. The maximum absolute atomic E-state index is 10.7. The van der Waals surface area contributed by atoms with Crippen LogP contribution in [0.5, 0.6) is 0 Å². The van der Waals surface area contributed by atoms with Crippen molar-refractivity contribution in [1.29, 1.82) is 0 Å². The molecule has 0 aliphatic heterocycles. The number of hydrogen-bond acceptors (Lipinski definition) is 6. The van der Waals surface area contributed by atoms with Gasteiger partial charge < -0.3 is 29.2 Å². The molecule has 0 aliphatic carbocycles. The van der Waals surface area contributed by atoms with Crippen LogP contribution in [-0.4, -0.2) is 68.9 Å². The fourth-order valence-electron chi connectivity index (χ4n) is 1.34. The molecule has 0 aliphatic rings. The molecule has 0 fully saturated rings. The minimum atomic E-state index is -1.13. The molecule has 2 N–H and O–H groups in total. The van der Waals surface area contributed by atoms with Gasteiger partial charge in [0.1, 0.15) is 24.4 Å². The molecule has 0 amide bonds. The lowest BCUT2D eigenvalue weighted by Crippen LogP contribution is -2.49. The summed E-state index contributed by atoms with van der Waals surface area (Å²) in [5.74, 6) is 0. The molecule has 0 unspecified atom stereocenters. The summed E-state index contributed by atoms with van der Waals surface area (Å²) in [5.41, 5.74) is 0. The number of methoxy groups -OCH3 is 3. The Hall–Kier alpha value is -0.530. The third-order valence-electron chi connectivity index (χ3n) is 2.16. The summed E-state index contributed by atoms with van der Waals surface area (Å²) in [5, 5.41) is 18.2. The third-order valence-corrected chi connectivity index (χ3v) is 2.16. The van der Waals surface area contributed by atoms with E-state index in [1.54, 1.807) is 0 Å². The van der Waals surface area contributed by atoms with Gasteiger partial charge in [-0.15, -0.1) is 0 Å². The maximum Gasteiger partial charge on any atom is 0.151 e. The number of aldehydes is 1. The summed E-state index contributed by atoms with van der Waals surface area (Å²) >= 11 is 0. The summed E-state index contributed by atoms with van der Waals surface area (Å²) in [7, 11) is 4.08. The Balaban J connectivity index is 4.64. The van der Waals surface area contributed by atoms with Gasteiger partial charge in [0.05, 0.1) is 6.61 Å². The summed E-state index contributed by atoms with van der Waals surface area (Å²) in [6.45, 7) is -0.479. The van der Waals surface area contributed by atoms with Crippen LogP contribution in [0.25, 0.3) is 0 Å². The molecule has 0 bridgehead atoms. The van der Waals surface area contributed by atoms with E-state index in [-0.39, 0.29) is 0 Å². The van der Waals surface area contributed by atoms with Crippen molar-refractivity contribution < 1.29 is 29.2 Å². The van der Waals surface area contributed by atoms with Crippen LogP contribution < -0.4 is 0 Å². The molecule has 0 saturated heterocycles. The smallest absolute Gasteiger partial charge is 0.151 e. The van der Waals surface area contributed by atoms with E-state index in [0.717, 1.165) is 0 Å². The maximum atomic E-state index is 10.7. The monoisotopic (exact) mass is 222 g/mol. The van der Waals surface area contributed by atoms with Crippen molar-refractivity contribution >= 4 is 6.29 Å². The average molecular weight is 222 g/mol. The van der Waals surface area contributed by atoms with Gasteiger partial charge in [-0.25, -0.2) is 0 Å². The zero-order valence-corrected chi connectivity index (χ0v) is 9.12. The van der Waals surface area contributed by atoms with Crippen LogP contribution in [0.1, 0.15) is 0 Å². The molecule has 0 aromatic heterocycles. The van der Waals surface area contributed by atoms with E-state index >= 15 is 0 Å². The van der Waals surface area contributed by atoms with E-state index in [1.165, 1.54) is 21.3 Å². The molecule has 4 atom stereocenters. The highest BCUT2D eigenvalue weighted by Crippen LogP contribution is 2.12. The van der Waals surface area contributed by atoms with Gasteiger partial charge in [-0.2, -0.15) is 0 Å². The first-order valence-electron chi connectivity index (χ1n) is 4.48. The molecule has 0 saturated carbocycles. The Morgan fingerprint density at radius 3 is 1.93 bits per heavy atom. The van der Waals surface area contributed by atoms with Gasteiger partial charge in [0, 0.05) is 21.3 Å². The third kappa shape index (κ3) is 3.84. The molecule has 0 spiro atoms. The summed E-state index contributed by atoms with van der Waals surface area (Å²) in [6, 6.07) is 0. The molecule has 15 heavy (non-hydrogen) atoms. The quantitative estimate of drug-likeness (QED) is 0.490. The van der Waals surface area contributed by atoms with Crippen molar-refractivity contribution in [1.82, 2.24) is 0 Å². The van der Waals surface area contributed by atoms with Gasteiger partial charge in [0.25, 0.3) is 0 Å². The molecule has 6 nitrogen and oxygen atoms in total. The van der Waals surface area contributed by atoms with Crippen LogP contribution in [0.3, 0.4) is 0 Å². The molecular weight excluding hydrogens is 204 g/mol. The summed E-state index contributed by atoms with van der Waals surface area (Å²) in [4.78, 5) is 10.7. The topological polar surface area (TPSA) is 85.2 Å². The van der Waals surface area contributed by atoms with Crippen molar-refractivity contribution in [2.45, 2.75) is 24.4 Å². The van der Waals surface area contributed by atoms with E-state index in [4.69, 9.17) is 19.3 Å². The fourth-order valence-corrected chi connectivity index (χ4v) is 1.34. The summed E-state index contributed by atoms with van der Waals surface area (Å²) < 4.78 is 14.8. The highest BCUT2D eigenvalue weighted by Gasteiger charge is 2.34. The first kappa shape index (κ1) is 14.5. The lowest BCUT2D eigenvalue weighted by Gasteiger charge is -2.30. The number of aliphatic hydroxyl groups excluding tert-OH is 2. The van der Waals surface area contributed by atoms with Gasteiger partial charge in [-0.1, -0.05) is 0 Å². The van der Waals surface area contributed by atoms with Gasteiger partial charge in [-0.3, -0.25) is 0 Å². The van der Waals surface area contributed by atoms with E-state index in [9.17, 15) is 9.90 Å². The van der Waals surface area contributed by atoms with Crippen LogP contribution in [0.4, 0.5) is 0 Å². The van der Waals surface area contributed by atoms with Crippen LogP contribution >= 0.6 is 0 Å². The second-order valence-corrected chi connectivity index (χ2v) is 2.99. The molecule has 6 heteroatoms. The number of hydrogen-bond donors (Lipinski definition) is 2. The van der Waals surface area contributed by atoms with Gasteiger partial charge >= 0.3 is 0 Å². The Morgan fingerprint density at radius 2 is 1.67 bits per heavy atom. The minimum Gasteiger partial charge on any atom is -0.394 e. The largest absolute Gasteiger partial charge is 0.394 e. The highest BCUT2D eigenvalue weighted by atomic mass is 16.6. The molecule has 0 aromatic rings. The van der Waals surface area contributed by atoms with Gasteiger partial charge in [0.15, 0.2) is 6.29 Å². The number of ether oxygens (including phenoxy) is 3. The highest BCUT2D eigenvalue weighted by molar-refractivity contribution is 5.57. The van der Waals surface area contributed by atoms with E-state index < -0.39 is 31.0 Å². The van der Waals surface area contributed by atoms with Crippen LogP contribution in [-0.2, 0) is 19.0 Å². The summed E-state index contributed by atoms with van der Waals surface area (Å²) in [6.07, 6.45) is -3.00. The van der Waals surface area contributed by atoms with Crippen LogP contribution in [0.2, 0.25) is 0 Å². The number of aliphatic hydroxyl groups is 2. The molecule has 0 radical (unpaired) electrons. The zero-order chi connectivity index (χ0) is 11.8. The van der Waals surface area contributed by atoms with Crippen molar-refractivity contribution in [3.8, 4) is 0 Å². The molecule has 0 heterocycles. The second kappa shape index (κ2) is 7.72. The Bertz CT molecular complexity index is 174. The second-order valence-electron chi connectivity index (χ2n) is 2.99. The first-order chi connectivity index (χ1) is 7.15. The standard InChI is InChI=1S/C9H18O6/c1-13-7(5-11)9(15-3)8(14-2)6(12)4-10/h5-10,12H,4H2,1-3H3/t6-,7-,8-,9-/m1/s1. The van der Waals surface area contributed by atoms with Gasteiger partial charge in [0.2, 0.25) is 0 Å². The minimum absolute atomic E-state index is 0.479. The van der Waals surface area contributed by atoms with E-state index in [0.29, 0.717) is 6.29 Å².